The van der Waals surface area contributed by atoms with E-state index in [2.05, 4.69) is 17.0 Å². The molecule has 1 saturated heterocycles. The topological polar surface area (TPSA) is 80.7 Å². The molecule has 5 rings (SSSR count). The van der Waals surface area contributed by atoms with Gasteiger partial charge >= 0.3 is 5.97 Å². The predicted octanol–water partition coefficient (Wildman–Crippen LogP) is 5.07. The highest BCUT2D eigenvalue weighted by Gasteiger charge is 2.19. The summed E-state index contributed by atoms with van der Waals surface area (Å²) < 4.78 is 21.7. The van der Waals surface area contributed by atoms with Crippen molar-refractivity contribution in [1.82, 2.24) is 4.57 Å². The number of ether oxygens (including phenoxy) is 1. The quantitative estimate of drug-likeness (QED) is 0.436. The molecule has 0 unspecified atom stereocenters. The molecule has 1 aromatic heterocycles. The minimum Gasteiger partial charge on any atom is -0.494 e. The number of aromatic carboxylic acids is 1. The molecule has 0 radical (unpaired) electrons. The smallest absolute Gasteiger partial charge is 0.335 e. The van der Waals surface area contributed by atoms with Crippen LogP contribution in [0.3, 0.4) is 0 Å². The van der Waals surface area contributed by atoms with Crippen LogP contribution in [0, 0.1) is 5.82 Å². The number of fused-ring (bicyclic) bond motifs is 1. The van der Waals surface area contributed by atoms with E-state index in [1.807, 2.05) is 22.8 Å². The highest BCUT2D eigenvalue weighted by atomic mass is 19.1. The zero-order valence-electron chi connectivity index (χ0n) is 18.9. The molecule has 0 aliphatic carbocycles. The fourth-order valence-corrected chi connectivity index (χ4v) is 4.65. The molecular formula is C27H26FN3O3. The Balaban J connectivity index is 1.68. The van der Waals surface area contributed by atoms with Crippen molar-refractivity contribution in [3.63, 3.8) is 0 Å². The van der Waals surface area contributed by atoms with Crippen molar-refractivity contribution in [2.75, 3.05) is 25.1 Å². The second-order valence-corrected chi connectivity index (χ2v) is 8.64. The number of methoxy groups -OCH3 is 1. The maximum atomic E-state index is 14.6. The Kier molecular flexibility index (Phi) is 5.71. The number of nitrogens with two attached hydrogens (primary N) is 1. The van der Waals surface area contributed by atoms with Crippen LogP contribution in [0.1, 0.15) is 23.2 Å². The lowest BCUT2D eigenvalue weighted by Crippen LogP contribution is -2.39. The molecule has 0 atom stereocenters. The predicted molar refractivity (Wildman–Crippen MR) is 132 cm³/mol. The molecule has 0 spiro atoms. The highest BCUT2D eigenvalue weighted by Crippen LogP contribution is 2.35. The molecule has 1 aliphatic rings. The third-order valence-corrected chi connectivity index (χ3v) is 6.49. The average Bonchev–Trinajstić information content (AvgIpc) is 3.23. The van der Waals surface area contributed by atoms with Gasteiger partial charge in [0.05, 0.1) is 23.9 Å². The Morgan fingerprint density at radius 3 is 2.53 bits per heavy atom. The summed E-state index contributed by atoms with van der Waals surface area (Å²) in [5.74, 6) is -1.28. The number of anilines is 1. The van der Waals surface area contributed by atoms with Crippen LogP contribution in [-0.2, 0) is 0 Å². The number of hydrogen-bond acceptors (Lipinski definition) is 4. The van der Waals surface area contributed by atoms with Gasteiger partial charge in [0.15, 0.2) is 11.6 Å². The standard InChI is InChI=1S/C27H26FN3O3/c1-34-26-8-5-17(15-23(26)28)25-16-19-14-21(30-11-9-20(29)10-12-30)6-7-24(19)31(25)22-4-2-3-18(13-22)27(32)33/h2-8,13-16,20H,9-12,29H2,1H3,(H,32,33). The van der Waals surface area contributed by atoms with Gasteiger partial charge in [0, 0.05) is 41.5 Å². The number of carboxylic acids is 1. The number of aromatic nitrogens is 1. The zero-order chi connectivity index (χ0) is 23.8. The van der Waals surface area contributed by atoms with E-state index in [9.17, 15) is 14.3 Å². The van der Waals surface area contributed by atoms with Crippen molar-refractivity contribution in [3.05, 3.63) is 78.1 Å². The maximum Gasteiger partial charge on any atom is 0.335 e. The molecule has 174 valence electrons. The molecule has 34 heavy (non-hydrogen) atoms. The summed E-state index contributed by atoms with van der Waals surface area (Å²) in [4.78, 5) is 13.9. The van der Waals surface area contributed by atoms with Gasteiger partial charge in [-0.2, -0.15) is 0 Å². The van der Waals surface area contributed by atoms with Gasteiger partial charge in [-0.15, -0.1) is 0 Å². The lowest BCUT2D eigenvalue weighted by molar-refractivity contribution is 0.0697. The SMILES string of the molecule is COc1ccc(-c2cc3cc(N4CCC(N)CC4)ccc3n2-c2cccc(C(=O)O)c2)cc1F. The van der Waals surface area contributed by atoms with Gasteiger partial charge in [-0.1, -0.05) is 6.07 Å². The Labute approximate surface area is 197 Å². The van der Waals surface area contributed by atoms with Crippen molar-refractivity contribution in [3.8, 4) is 22.7 Å². The molecule has 7 heteroatoms. The number of carbonyl (C=O) groups is 1. The van der Waals surface area contributed by atoms with Gasteiger partial charge < -0.3 is 25.0 Å². The summed E-state index contributed by atoms with van der Waals surface area (Å²) in [6.45, 7) is 1.81. The number of halogens is 1. The number of rotatable bonds is 5. The minimum absolute atomic E-state index is 0.171. The molecule has 1 aliphatic heterocycles. The van der Waals surface area contributed by atoms with Crippen molar-refractivity contribution in [1.29, 1.82) is 0 Å². The van der Waals surface area contributed by atoms with Crippen LogP contribution in [0.4, 0.5) is 10.1 Å². The fourth-order valence-electron chi connectivity index (χ4n) is 4.65. The first-order valence-electron chi connectivity index (χ1n) is 11.3. The lowest BCUT2D eigenvalue weighted by atomic mass is 10.1. The van der Waals surface area contributed by atoms with Gasteiger partial charge in [-0.05, 0) is 73.5 Å². The van der Waals surface area contributed by atoms with Crippen LogP contribution < -0.4 is 15.4 Å². The third kappa shape index (κ3) is 3.99. The van der Waals surface area contributed by atoms with E-state index in [4.69, 9.17) is 10.5 Å². The largest absolute Gasteiger partial charge is 0.494 e. The van der Waals surface area contributed by atoms with Crippen molar-refractivity contribution in [2.24, 2.45) is 5.73 Å². The summed E-state index contributed by atoms with van der Waals surface area (Å²) >= 11 is 0. The number of piperidine rings is 1. The number of carboxylic acid groups (broad SMARTS) is 1. The second-order valence-electron chi connectivity index (χ2n) is 8.64. The van der Waals surface area contributed by atoms with E-state index in [1.54, 1.807) is 30.3 Å². The van der Waals surface area contributed by atoms with Crippen molar-refractivity contribution < 1.29 is 19.0 Å². The minimum atomic E-state index is -0.999. The van der Waals surface area contributed by atoms with E-state index in [0.29, 0.717) is 11.3 Å². The molecule has 3 N–H and O–H groups in total. The Hall–Kier alpha value is -3.84. The number of hydrogen-bond donors (Lipinski definition) is 2. The van der Waals surface area contributed by atoms with Gasteiger partial charge in [-0.3, -0.25) is 0 Å². The van der Waals surface area contributed by atoms with Crippen LogP contribution in [0.5, 0.6) is 5.75 Å². The molecule has 6 nitrogen and oxygen atoms in total. The molecule has 0 amide bonds. The molecule has 0 saturated carbocycles. The van der Waals surface area contributed by atoms with E-state index in [1.165, 1.54) is 13.2 Å². The molecule has 3 aromatic carbocycles. The van der Waals surface area contributed by atoms with Crippen LogP contribution in [0.25, 0.3) is 27.8 Å². The third-order valence-electron chi connectivity index (χ3n) is 6.49. The van der Waals surface area contributed by atoms with Crippen LogP contribution in [0.15, 0.2) is 66.7 Å². The van der Waals surface area contributed by atoms with Crippen molar-refractivity contribution >= 4 is 22.6 Å². The molecule has 1 fully saturated rings. The zero-order valence-corrected chi connectivity index (χ0v) is 18.9. The molecular weight excluding hydrogens is 433 g/mol. The lowest BCUT2D eigenvalue weighted by Gasteiger charge is -2.32. The molecule has 0 bridgehead atoms. The van der Waals surface area contributed by atoms with E-state index in [0.717, 1.165) is 48.2 Å². The monoisotopic (exact) mass is 459 g/mol. The van der Waals surface area contributed by atoms with Gasteiger partial charge in [-0.25, -0.2) is 9.18 Å². The number of nitrogens with zero attached hydrogens (tertiary/aromatic N) is 2. The summed E-state index contributed by atoms with van der Waals surface area (Å²) in [6, 6.07) is 20.1. The summed E-state index contributed by atoms with van der Waals surface area (Å²) in [6.07, 6.45) is 1.91. The first kappa shape index (κ1) is 22.0. The Bertz CT molecular complexity index is 1370. The van der Waals surface area contributed by atoms with Crippen LogP contribution in [-0.4, -0.2) is 41.9 Å². The Morgan fingerprint density at radius 2 is 1.82 bits per heavy atom. The summed E-state index contributed by atoms with van der Waals surface area (Å²) in [5, 5.41) is 10.5. The van der Waals surface area contributed by atoms with Gasteiger partial charge in [0.25, 0.3) is 0 Å². The summed E-state index contributed by atoms with van der Waals surface area (Å²) in [7, 11) is 1.43. The van der Waals surface area contributed by atoms with E-state index < -0.39 is 11.8 Å². The Morgan fingerprint density at radius 1 is 1.03 bits per heavy atom. The number of benzene rings is 3. The van der Waals surface area contributed by atoms with E-state index >= 15 is 0 Å². The van der Waals surface area contributed by atoms with Gasteiger partial charge in [0.2, 0.25) is 0 Å². The van der Waals surface area contributed by atoms with Gasteiger partial charge in [0.1, 0.15) is 0 Å². The highest BCUT2D eigenvalue weighted by molar-refractivity contribution is 5.93. The van der Waals surface area contributed by atoms with Crippen LogP contribution >= 0.6 is 0 Å². The van der Waals surface area contributed by atoms with Crippen molar-refractivity contribution in [2.45, 2.75) is 18.9 Å². The average molecular weight is 460 g/mol. The second kappa shape index (κ2) is 8.83. The molecule has 2 heterocycles. The summed E-state index contributed by atoms with van der Waals surface area (Å²) in [5.41, 5.74) is 10.4. The van der Waals surface area contributed by atoms with Crippen LogP contribution in [0.2, 0.25) is 0 Å². The maximum absolute atomic E-state index is 14.6. The first-order valence-corrected chi connectivity index (χ1v) is 11.3. The fraction of sp³-hybridized carbons (Fsp3) is 0.222. The van der Waals surface area contributed by atoms with E-state index in [-0.39, 0.29) is 17.4 Å². The first-order chi connectivity index (χ1) is 16.4. The normalized spacial score (nSPS) is 14.5. The molecule has 4 aromatic rings.